The molecule has 2 N–H and O–H groups in total. The second kappa shape index (κ2) is 7.67. The molecule has 4 nitrogen and oxygen atoms in total. The SMILES string of the molecule is CC(C)C(CNc1c(C#N)cnc2ccccc12)Nc1ccccc1. The number of hydrogen-bond donors (Lipinski definition) is 2. The van der Waals surface area contributed by atoms with E-state index in [4.69, 9.17) is 0 Å². The summed E-state index contributed by atoms with van der Waals surface area (Å²) in [7, 11) is 0. The lowest BCUT2D eigenvalue weighted by atomic mass is 10.0. The van der Waals surface area contributed by atoms with Gasteiger partial charge in [-0.05, 0) is 24.1 Å². The Morgan fingerprint density at radius 2 is 1.76 bits per heavy atom. The van der Waals surface area contributed by atoms with Crippen LogP contribution in [0.15, 0.2) is 60.8 Å². The Hall–Kier alpha value is -3.06. The normalized spacial score (nSPS) is 11.9. The zero-order valence-corrected chi connectivity index (χ0v) is 14.5. The van der Waals surface area contributed by atoms with Crippen LogP contribution >= 0.6 is 0 Å². The molecule has 0 saturated carbocycles. The molecule has 0 fully saturated rings. The maximum Gasteiger partial charge on any atom is 0.103 e. The number of nitriles is 1. The Labute approximate surface area is 148 Å². The van der Waals surface area contributed by atoms with Crippen molar-refractivity contribution in [2.24, 2.45) is 5.92 Å². The molecule has 1 unspecified atom stereocenters. The Bertz CT molecular complexity index is 881. The van der Waals surface area contributed by atoms with Crippen LogP contribution in [-0.2, 0) is 0 Å². The topological polar surface area (TPSA) is 60.7 Å². The van der Waals surface area contributed by atoms with Gasteiger partial charge in [-0.2, -0.15) is 5.26 Å². The third-order valence-electron chi connectivity index (χ3n) is 4.33. The number of nitrogens with zero attached hydrogens (tertiary/aromatic N) is 2. The summed E-state index contributed by atoms with van der Waals surface area (Å²) in [5.74, 6) is 0.436. The number of anilines is 2. The number of para-hydroxylation sites is 2. The second-order valence-electron chi connectivity index (χ2n) is 6.42. The summed E-state index contributed by atoms with van der Waals surface area (Å²) in [5, 5.41) is 17.5. The lowest BCUT2D eigenvalue weighted by Gasteiger charge is -2.25. The van der Waals surface area contributed by atoms with Crippen LogP contribution in [0.4, 0.5) is 11.4 Å². The quantitative estimate of drug-likeness (QED) is 0.690. The minimum Gasteiger partial charge on any atom is -0.381 e. The highest BCUT2D eigenvalue weighted by atomic mass is 15.0. The molecule has 0 amide bonds. The van der Waals surface area contributed by atoms with E-state index in [1.54, 1.807) is 6.20 Å². The summed E-state index contributed by atoms with van der Waals surface area (Å²) in [6.07, 6.45) is 1.64. The van der Waals surface area contributed by atoms with Gasteiger partial charge >= 0.3 is 0 Å². The molecule has 1 aromatic heterocycles. The van der Waals surface area contributed by atoms with E-state index in [1.807, 2.05) is 42.5 Å². The van der Waals surface area contributed by atoms with E-state index in [0.717, 1.165) is 28.8 Å². The molecule has 4 heteroatoms. The number of fused-ring (bicyclic) bond motifs is 1. The third-order valence-corrected chi connectivity index (χ3v) is 4.33. The third kappa shape index (κ3) is 3.89. The van der Waals surface area contributed by atoms with Gasteiger partial charge in [-0.25, -0.2) is 0 Å². The van der Waals surface area contributed by atoms with E-state index in [0.29, 0.717) is 11.5 Å². The van der Waals surface area contributed by atoms with Gasteiger partial charge in [-0.1, -0.05) is 50.2 Å². The Morgan fingerprint density at radius 1 is 1.04 bits per heavy atom. The number of pyridine rings is 1. The summed E-state index contributed by atoms with van der Waals surface area (Å²) in [5.41, 5.74) is 3.42. The first kappa shape index (κ1) is 16.8. The molecule has 1 atom stereocenters. The molecule has 0 radical (unpaired) electrons. The first-order valence-corrected chi connectivity index (χ1v) is 8.52. The van der Waals surface area contributed by atoms with E-state index in [1.165, 1.54) is 0 Å². The summed E-state index contributed by atoms with van der Waals surface area (Å²) in [6, 6.07) is 20.6. The number of rotatable bonds is 6. The van der Waals surface area contributed by atoms with E-state index in [-0.39, 0.29) is 6.04 Å². The fraction of sp³-hybridized carbons (Fsp3) is 0.238. The van der Waals surface area contributed by atoms with Crippen molar-refractivity contribution in [2.75, 3.05) is 17.2 Å². The largest absolute Gasteiger partial charge is 0.381 e. The summed E-state index contributed by atoms with van der Waals surface area (Å²) in [4.78, 5) is 4.36. The van der Waals surface area contributed by atoms with Gasteiger partial charge in [0, 0.05) is 29.9 Å². The highest BCUT2D eigenvalue weighted by Crippen LogP contribution is 2.25. The number of benzene rings is 2. The summed E-state index contributed by atoms with van der Waals surface area (Å²) in [6.45, 7) is 5.10. The van der Waals surface area contributed by atoms with Gasteiger partial charge in [-0.3, -0.25) is 4.98 Å². The smallest absolute Gasteiger partial charge is 0.103 e. The van der Waals surface area contributed by atoms with Gasteiger partial charge in [0.25, 0.3) is 0 Å². The molecule has 3 rings (SSSR count). The van der Waals surface area contributed by atoms with Crippen LogP contribution in [0.1, 0.15) is 19.4 Å². The molecule has 0 aliphatic rings. The molecule has 1 heterocycles. The predicted molar refractivity (Wildman–Crippen MR) is 104 cm³/mol. The second-order valence-corrected chi connectivity index (χ2v) is 6.42. The van der Waals surface area contributed by atoms with Gasteiger partial charge in [0.05, 0.1) is 16.8 Å². The van der Waals surface area contributed by atoms with Crippen LogP contribution in [0.5, 0.6) is 0 Å². The molecular weight excluding hydrogens is 308 g/mol. The van der Waals surface area contributed by atoms with Crippen molar-refractivity contribution in [3.05, 3.63) is 66.4 Å². The average Bonchev–Trinajstić information content (AvgIpc) is 2.65. The van der Waals surface area contributed by atoms with Crippen molar-refractivity contribution in [1.82, 2.24) is 4.98 Å². The van der Waals surface area contributed by atoms with E-state index < -0.39 is 0 Å². The molecule has 0 spiro atoms. The molecule has 0 saturated heterocycles. The number of nitrogens with one attached hydrogen (secondary N) is 2. The monoisotopic (exact) mass is 330 g/mol. The average molecular weight is 330 g/mol. The highest BCUT2D eigenvalue weighted by molar-refractivity contribution is 5.93. The van der Waals surface area contributed by atoms with Crippen LogP contribution in [-0.4, -0.2) is 17.6 Å². The number of aromatic nitrogens is 1. The fourth-order valence-corrected chi connectivity index (χ4v) is 2.83. The van der Waals surface area contributed by atoms with Crippen LogP contribution in [0.25, 0.3) is 10.9 Å². The minimum atomic E-state index is 0.237. The van der Waals surface area contributed by atoms with Gasteiger partial charge < -0.3 is 10.6 Å². The lowest BCUT2D eigenvalue weighted by Crippen LogP contribution is -2.33. The molecular formula is C21H22N4. The molecule has 126 valence electrons. The minimum absolute atomic E-state index is 0.237. The van der Waals surface area contributed by atoms with Gasteiger partial charge in [-0.15, -0.1) is 0 Å². The molecule has 2 aromatic carbocycles. The zero-order chi connectivity index (χ0) is 17.6. The van der Waals surface area contributed by atoms with Crippen molar-refractivity contribution in [2.45, 2.75) is 19.9 Å². The first-order valence-electron chi connectivity index (χ1n) is 8.52. The first-order chi connectivity index (χ1) is 12.2. The molecule has 0 bridgehead atoms. The molecule has 25 heavy (non-hydrogen) atoms. The van der Waals surface area contributed by atoms with Crippen LogP contribution in [0, 0.1) is 17.2 Å². The molecule has 3 aromatic rings. The standard InChI is InChI=1S/C21H22N4/c1-15(2)20(25-17-8-4-3-5-9-17)14-24-21-16(12-22)13-23-19-11-7-6-10-18(19)21/h3-11,13,15,20,25H,14H2,1-2H3,(H,23,24). The Morgan fingerprint density at radius 3 is 2.48 bits per heavy atom. The maximum absolute atomic E-state index is 9.44. The maximum atomic E-state index is 9.44. The summed E-state index contributed by atoms with van der Waals surface area (Å²) >= 11 is 0. The van der Waals surface area contributed by atoms with E-state index in [9.17, 15) is 5.26 Å². The predicted octanol–water partition coefficient (Wildman–Crippen LogP) is 4.66. The molecule has 0 aliphatic carbocycles. The van der Waals surface area contributed by atoms with Gasteiger partial charge in [0.2, 0.25) is 0 Å². The fourth-order valence-electron chi connectivity index (χ4n) is 2.83. The van der Waals surface area contributed by atoms with Crippen molar-refractivity contribution in [1.29, 1.82) is 5.26 Å². The molecule has 0 aliphatic heterocycles. The van der Waals surface area contributed by atoms with Crippen LogP contribution in [0.2, 0.25) is 0 Å². The van der Waals surface area contributed by atoms with Gasteiger partial charge in [0.1, 0.15) is 6.07 Å². The van der Waals surface area contributed by atoms with Crippen molar-refractivity contribution < 1.29 is 0 Å². The Kier molecular flexibility index (Phi) is 5.15. The lowest BCUT2D eigenvalue weighted by molar-refractivity contribution is 0.542. The van der Waals surface area contributed by atoms with Crippen LogP contribution < -0.4 is 10.6 Å². The van der Waals surface area contributed by atoms with Gasteiger partial charge in [0.15, 0.2) is 0 Å². The highest BCUT2D eigenvalue weighted by Gasteiger charge is 2.15. The van der Waals surface area contributed by atoms with Crippen molar-refractivity contribution >= 4 is 22.3 Å². The van der Waals surface area contributed by atoms with Crippen LogP contribution in [0.3, 0.4) is 0 Å². The van der Waals surface area contributed by atoms with E-state index in [2.05, 4.69) is 47.7 Å². The van der Waals surface area contributed by atoms with Crippen molar-refractivity contribution in [3.8, 4) is 6.07 Å². The van der Waals surface area contributed by atoms with Crippen molar-refractivity contribution in [3.63, 3.8) is 0 Å². The zero-order valence-electron chi connectivity index (χ0n) is 14.5. The van der Waals surface area contributed by atoms with E-state index >= 15 is 0 Å². The Balaban J connectivity index is 1.84. The number of hydrogen-bond acceptors (Lipinski definition) is 4. The summed E-state index contributed by atoms with van der Waals surface area (Å²) < 4.78 is 0.